The largest absolute Gasteiger partial charge is 0.387 e. The molecule has 0 aliphatic heterocycles. The Labute approximate surface area is 84.3 Å². The van der Waals surface area contributed by atoms with Crippen LogP contribution >= 0.6 is 34.8 Å². The van der Waals surface area contributed by atoms with E-state index in [1.54, 1.807) is 0 Å². The van der Waals surface area contributed by atoms with Gasteiger partial charge in [0, 0.05) is 0 Å². The van der Waals surface area contributed by atoms with E-state index < -0.39 is 6.10 Å². The smallest absolute Gasteiger partial charge is 0.139 e. The predicted molar refractivity (Wildman–Crippen MR) is 47.7 cm³/mol. The molecule has 6 heteroatoms. The number of aliphatic hydroxyl groups excluding tert-OH is 1. The molecule has 1 aromatic heterocycles. The van der Waals surface area contributed by atoms with Gasteiger partial charge in [-0.1, -0.05) is 23.2 Å². The van der Waals surface area contributed by atoms with Crippen LogP contribution in [0.25, 0.3) is 0 Å². The third-order valence-corrected chi connectivity index (χ3v) is 2.16. The van der Waals surface area contributed by atoms with Gasteiger partial charge in [0.2, 0.25) is 0 Å². The maximum Gasteiger partial charge on any atom is 0.139 e. The number of hydrogen-bond donors (Lipinski definition) is 1. The zero-order valence-corrected chi connectivity index (χ0v) is 8.11. The lowest BCUT2D eigenvalue weighted by atomic mass is 10.2. The first-order chi connectivity index (χ1) is 5.66. The van der Waals surface area contributed by atoms with Crippen molar-refractivity contribution in [3.63, 3.8) is 0 Å². The second-order valence-electron chi connectivity index (χ2n) is 2.04. The highest BCUT2D eigenvalue weighted by Crippen LogP contribution is 2.27. The summed E-state index contributed by atoms with van der Waals surface area (Å²) in [5.41, 5.74) is 0.274. The highest BCUT2D eigenvalue weighted by Gasteiger charge is 2.15. The minimum atomic E-state index is -0.923. The minimum absolute atomic E-state index is 0.00676. The molecule has 66 valence electrons. The van der Waals surface area contributed by atoms with Crippen molar-refractivity contribution in [2.75, 3.05) is 5.88 Å². The monoisotopic (exact) mass is 226 g/mol. The van der Waals surface area contributed by atoms with Gasteiger partial charge in [0.05, 0.1) is 17.5 Å². The number of hydrogen-bond acceptors (Lipinski definition) is 3. The van der Waals surface area contributed by atoms with Crippen LogP contribution in [0.5, 0.6) is 0 Å². The molecule has 3 nitrogen and oxygen atoms in total. The molecule has 0 saturated heterocycles. The maximum atomic E-state index is 9.31. The molecular weight excluding hydrogens is 222 g/mol. The number of aliphatic hydroxyl groups is 1. The van der Waals surface area contributed by atoms with Crippen molar-refractivity contribution < 1.29 is 5.11 Å². The lowest BCUT2D eigenvalue weighted by molar-refractivity contribution is 0.202. The fourth-order valence-electron chi connectivity index (χ4n) is 0.707. The molecule has 0 aliphatic rings. The average Bonchev–Trinajstić information content (AvgIpc) is 2.03. The highest BCUT2D eigenvalue weighted by molar-refractivity contribution is 6.34. The summed E-state index contributed by atoms with van der Waals surface area (Å²) < 4.78 is 0. The first kappa shape index (κ1) is 9.99. The Morgan fingerprint density at radius 2 is 1.83 bits per heavy atom. The molecule has 1 unspecified atom stereocenters. The summed E-state index contributed by atoms with van der Waals surface area (Å²) >= 11 is 16.7. The molecule has 1 N–H and O–H groups in total. The van der Waals surface area contributed by atoms with E-state index in [0.29, 0.717) is 0 Å². The number of halogens is 3. The van der Waals surface area contributed by atoms with E-state index in [9.17, 15) is 5.11 Å². The van der Waals surface area contributed by atoms with Crippen LogP contribution in [0.2, 0.25) is 10.3 Å². The van der Waals surface area contributed by atoms with Gasteiger partial charge in [-0.3, -0.25) is 0 Å². The maximum absolute atomic E-state index is 9.31. The van der Waals surface area contributed by atoms with E-state index in [1.807, 2.05) is 0 Å². The number of nitrogens with zero attached hydrogens (tertiary/aromatic N) is 2. The van der Waals surface area contributed by atoms with Gasteiger partial charge < -0.3 is 5.11 Å². The summed E-state index contributed by atoms with van der Waals surface area (Å²) in [5.74, 6) is 0.00676. The fraction of sp³-hybridized carbons (Fsp3) is 0.333. The Morgan fingerprint density at radius 3 is 2.25 bits per heavy atom. The van der Waals surface area contributed by atoms with E-state index in [-0.39, 0.29) is 21.7 Å². The van der Waals surface area contributed by atoms with Crippen molar-refractivity contribution in [3.8, 4) is 0 Å². The molecule has 0 aliphatic carbocycles. The van der Waals surface area contributed by atoms with Crippen LogP contribution in [0.15, 0.2) is 6.33 Å². The predicted octanol–water partition coefficient (Wildman–Crippen LogP) is 2.06. The van der Waals surface area contributed by atoms with E-state index in [4.69, 9.17) is 34.8 Å². The van der Waals surface area contributed by atoms with E-state index in [0.717, 1.165) is 0 Å². The summed E-state index contributed by atoms with van der Waals surface area (Å²) in [7, 11) is 0. The number of rotatable bonds is 2. The van der Waals surface area contributed by atoms with Gasteiger partial charge >= 0.3 is 0 Å². The lowest BCUT2D eigenvalue weighted by Crippen LogP contribution is -2.03. The van der Waals surface area contributed by atoms with E-state index in [2.05, 4.69) is 9.97 Å². The van der Waals surface area contributed by atoms with Gasteiger partial charge in [0.15, 0.2) is 0 Å². The summed E-state index contributed by atoms with van der Waals surface area (Å²) in [4.78, 5) is 7.32. The summed E-state index contributed by atoms with van der Waals surface area (Å²) in [6.45, 7) is 0. The molecule has 0 aromatic carbocycles. The second kappa shape index (κ2) is 4.23. The Hall–Kier alpha value is -0.0900. The van der Waals surface area contributed by atoms with Gasteiger partial charge in [-0.2, -0.15) is 0 Å². The SMILES string of the molecule is OC(CCl)c1c(Cl)ncnc1Cl. The van der Waals surface area contributed by atoms with Crippen molar-refractivity contribution in [1.82, 2.24) is 9.97 Å². The van der Waals surface area contributed by atoms with Crippen LogP contribution in [-0.4, -0.2) is 21.0 Å². The average molecular weight is 227 g/mol. The molecule has 12 heavy (non-hydrogen) atoms. The highest BCUT2D eigenvalue weighted by atomic mass is 35.5. The van der Waals surface area contributed by atoms with Gasteiger partial charge in [-0.25, -0.2) is 9.97 Å². The molecule has 1 atom stereocenters. The van der Waals surface area contributed by atoms with Gasteiger partial charge in [-0.15, -0.1) is 11.6 Å². The van der Waals surface area contributed by atoms with Crippen LogP contribution in [-0.2, 0) is 0 Å². The Bertz CT molecular complexity index is 261. The van der Waals surface area contributed by atoms with Crippen LogP contribution in [0.3, 0.4) is 0 Å². The third kappa shape index (κ3) is 1.98. The molecule has 1 heterocycles. The quantitative estimate of drug-likeness (QED) is 0.621. The first-order valence-electron chi connectivity index (χ1n) is 3.06. The van der Waals surface area contributed by atoms with Crippen molar-refractivity contribution in [3.05, 3.63) is 22.2 Å². The fourth-order valence-corrected chi connectivity index (χ4v) is 1.43. The zero-order chi connectivity index (χ0) is 9.14. The normalized spacial score (nSPS) is 13.0. The summed E-state index contributed by atoms with van der Waals surface area (Å²) in [5, 5.41) is 9.57. The molecule has 0 spiro atoms. The van der Waals surface area contributed by atoms with Crippen molar-refractivity contribution in [1.29, 1.82) is 0 Å². The van der Waals surface area contributed by atoms with Crippen molar-refractivity contribution in [2.45, 2.75) is 6.10 Å². The number of alkyl halides is 1. The molecule has 1 aromatic rings. The van der Waals surface area contributed by atoms with E-state index in [1.165, 1.54) is 6.33 Å². The molecular formula is C6H5Cl3N2O. The number of aromatic nitrogens is 2. The van der Waals surface area contributed by atoms with Gasteiger partial charge in [-0.05, 0) is 0 Å². The zero-order valence-electron chi connectivity index (χ0n) is 5.84. The minimum Gasteiger partial charge on any atom is -0.387 e. The molecule has 0 fully saturated rings. The van der Waals surface area contributed by atoms with Crippen LogP contribution in [0.4, 0.5) is 0 Å². The molecule has 0 bridgehead atoms. The van der Waals surface area contributed by atoms with Gasteiger partial charge in [0.25, 0.3) is 0 Å². The van der Waals surface area contributed by atoms with Crippen molar-refractivity contribution in [2.24, 2.45) is 0 Å². The lowest BCUT2D eigenvalue weighted by Gasteiger charge is -2.08. The molecule has 0 amide bonds. The Balaban J connectivity index is 3.12. The first-order valence-corrected chi connectivity index (χ1v) is 4.35. The second-order valence-corrected chi connectivity index (χ2v) is 3.06. The standard InChI is InChI=1S/C6H5Cl3N2O/c7-1-3(12)4-5(8)10-2-11-6(4)9/h2-3,12H,1H2. The topological polar surface area (TPSA) is 46.0 Å². The van der Waals surface area contributed by atoms with Crippen LogP contribution in [0.1, 0.15) is 11.7 Å². The van der Waals surface area contributed by atoms with Crippen LogP contribution in [0, 0.1) is 0 Å². The Morgan fingerprint density at radius 1 is 1.33 bits per heavy atom. The van der Waals surface area contributed by atoms with Gasteiger partial charge in [0.1, 0.15) is 16.6 Å². The van der Waals surface area contributed by atoms with E-state index >= 15 is 0 Å². The third-order valence-electron chi connectivity index (χ3n) is 1.27. The molecule has 1 rings (SSSR count). The summed E-state index contributed by atoms with van der Waals surface area (Å²) in [6.07, 6.45) is 0.294. The summed E-state index contributed by atoms with van der Waals surface area (Å²) in [6, 6.07) is 0. The molecule has 0 saturated carbocycles. The van der Waals surface area contributed by atoms with Crippen LogP contribution < -0.4 is 0 Å². The Kier molecular flexibility index (Phi) is 3.53. The molecule has 0 radical (unpaired) electrons. The van der Waals surface area contributed by atoms with Crippen molar-refractivity contribution >= 4 is 34.8 Å².